The molecule has 0 unspecified atom stereocenters. The van der Waals surface area contributed by atoms with Crippen LogP contribution < -0.4 is 4.90 Å². The second-order valence-electron chi connectivity index (χ2n) is 5.48. The molecule has 1 aliphatic rings. The van der Waals surface area contributed by atoms with Crippen LogP contribution in [-0.2, 0) is 6.42 Å². The lowest BCUT2D eigenvalue weighted by Gasteiger charge is -2.35. The fraction of sp³-hybridized carbons (Fsp3) is 0.412. The maximum absolute atomic E-state index is 4.37. The van der Waals surface area contributed by atoms with Crippen LogP contribution in [0, 0.1) is 0 Å². The number of rotatable bonds is 5. The summed E-state index contributed by atoms with van der Waals surface area (Å²) in [5.74, 6) is 1.00. The first kappa shape index (κ1) is 14.0. The third-order valence-electron chi connectivity index (χ3n) is 4.03. The van der Waals surface area contributed by atoms with Gasteiger partial charge in [-0.05, 0) is 24.9 Å². The van der Waals surface area contributed by atoms with Gasteiger partial charge in [-0.25, -0.2) is 4.98 Å². The first-order valence-electron chi connectivity index (χ1n) is 7.69. The third-order valence-corrected chi connectivity index (χ3v) is 4.03. The highest BCUT2D eigenvalue weighted by molar-refractivity contribution is 5.35. The Morgan fingerprint density at radius 1 is 0.952 bits per heavy atom. The molecule has 2 heterocycles. The number of piperazine rings is 1. The Morgan fingerprint density at radius 3 is 2.48 bits per heavy atom. The van der Waals surface area contributed by atoms with E-state index in [0.29, 0.717) is 0 Å². The fourth-order valence-electron chi connectivity index (χ4n) is 2.81. The van der Waals surface area contributed by atoms with Crippen LogP contribution in [0.5, 0.6) is 0 Å². The molecule has 1 aromatic heterocycles. The lowest BCUT2D eigenvalue weighted by atomic mass is 10.1. The Balaban J connectivity index is 1.40. The largest absolute Gasteiger partial charge is 0.353 e. The minimum Gasteiger partial charge on any atom is -0.353 e. The maximum atomic E-state index is 4.37. The molecule has 4 heteroatoms. The van der Waals surface area contributed by atoms with Crippen LogP contribution >= 0.6 is 0 Å². The van der Waals surface area contributed by atoms with Crippen LogP contribution in [0.25, 0.3) is 0 Å². The summed E-state index contributed by atoms with van der Waals surface area (Å²) in [4.78, 5) is 13.4. The molecular weight excluding hydrogens is 260 g/mol. The molecule has 21 heavy (non-hydrogen) atoms. The van der Waals surface area contributed by atoms with Gasteiger partial charge >= 0.3 is 0 Å². The van der Waals surface area contributed by atoms with E-state index in [1.165, 1.54) is 24.9 Å². The number of anilines is 1. The number of hydrogen-bond acceptors (Lipinski definition) is 4. The lowest BCUT2D eigenvalue weighted by molar-refractivity contribution is 0.254. The normalized spacial score (nSPS) is 16.1. The summed E-state index contributed by atoms with van der Waals surface area (Å²) in [6.07, 6.45) is 7.75. The maximum Gasteiger partial charge on any atom is 0.147 e. The molecule has 1 aromatic carbocycles. The summed E-state index contributed by atoms with van der Waals surface area (Å²) >= 11 is 0. The van der Waals surface area contributed by atoms with Gasteiger partial charge in [0.1, 0.15) is 5.82 Å². The first-order valence-corrected chi connectivity index (χ1v) is 7.69. The molecular formula is C17H22N4. The van der Waals surface area contributed by atoms with E-state index in [4.69, 9.17) is 0 Å². The van der Waals surface area contributed by atoms with E-state index in [-0.39, 0.29) is 0 Å². The van der Waals surface area contributed by atoms with Gasteiger partial charge in [0.2, 0.25) is 0 Å². The Morgan fingerprint density at radius 2 is 1.76 bits per heavy atom. The summed E-state index contributed by atoms with van der Waals surface area (Å²) in [5.41, 5.74) is 1.44. The van der Waals surface area contributed by atoms with Gasteiger partial charge in [0, 0.05) is 38.6 Å². The monoisotopic (exact) mass is 282 g/mol. The van der Waals surface area contributed by atoms with E-state index in [2.05, 4.69) is 50.1 Å². The second kappa shape index (κ2) is 7.18. The zero-order valence-electron chi connectivity index (χ0n) is 12.4. The second-order valence-corrected chi connectivity index (χ2v) is 5.48. The number of aromatic nitrogens is 2. The van der Waals surface area contributed by atoms with Crippen molar-refractivity contribution in [3.05, 3.63) is 54.5 Å². The van der Waals surface area contributed by atoms with Gasteiger partial charge in [-0.3, -0.25) is 9.88 Å². The van der Waals surface area contributed by atoms with Crippen molar-refractivity contribution in [2.75, 3.05) is 37.6 Å². The van der Waals surface area contributed by atoms with Crippen molar-refractivity contribution in [2.24, 2.45) is 0 Å². The predicted octanol–water partition coefficient (Wildman–Crippen LogP) is 2.23. The Kier molecular flexibility index (Phi) is 4.79. The van der Waals surface area contributed by atoms with E-state index in [9.17, 15) is 0 Å². The molecule has 4 nitrogen and oxygen atoms in total. The van der Waals surface area contributed by atoms with Crippen molar-refractivity contribution in [1.29, 1.82) is 0 Å². The molecule has 0 radical (unpaired) electrons. The number of benzene rings is 1. The fourth-order valence-corrected chi connectivity index (χ4v) is 2.81. The molecule has 0 N–H and O–H groups in total. The van der Waals surface area contributed by atoms with Gasteiger partial charge in [0.05, 0.1) is 6.20 Å². The van der Waals surface area contributed by atoms with Crippen LogP contribution in [0.15, 0.2) is 48.9 Å². The van der Waals surface area contributed by atoms with Crippen molar-refractivity contribution in [1.82, 2.24) is 14.9 Å². The van der Waals surface area contributed by atoms with Gasteiger partial charge in [-0.1, -0.05) is 30.3 Å². The minimum absolute atomic E-state index is 1.00. The Labute approximate surface area is 126 Å². The minimum atomic E-state index is 1.00. The van der Waals surface area contributed by atoms with Crippen molar-refractivity contribution in [2.45, 2.75) is 12.8 Å². The van der Waals surface area contributed by atoms with Gasteiger partial charge in [0.25, 0.3) is 0 Å². The predicted molar refractivity (Wildman–Crippen MR) is 85.4 cm³/mol. The molecule has 0 atom stereocenters. The first-order chi connectivity index (χ1) is 10.4. The average Bonchev–Trinajstić information content (AvgIpc) is 2.57. The molecule has 0 aliphatic carbocycles. The zero-order chi connectivity index (χ0) is 14.3. The van der Waals surface area contributed by atoms with Crippen molar-refractivity contribution in [3.8, 4) is 0 Å². The molecule has 0 amide bonds. The van der Waals surface area contributed by atoms with Crippen molar-refractivity contribution >= 4 is 5.82 Å². The Bertz CT molecular complexity index is 518. The van der Waals surface area contributed by atoms with Crippen LogP contribution in [0.4, 0.5) is 5.82 Å². The topological polar surface area (TPSA) is 32.3 Å². The zero-order valence-corrected chi connectivity index (χ0v) is 12.4. The number of aryl methyl sites for hydroxylation is 1. The summed E-state index contributed by atoms with van der Waals surface area (Å²) in [6.45, 7) is 5.51. The Hall–Kier alpha value is -1.94. The van der Waals surface area contributed by atoms with Crippen LogP contribution in [0.3, 0.4) is 0 Å². The summed E-state index contributed by atoms with van der Waals surface area (Å²) in [6, 6.07) is 10.7. The highest BCUT2D eigenvalue weighted by Crippen LogP contribution is 2.12. The van der Waals surface area contributed by atoms with Crippen molar-refractivity contribution in [3.63, 3.8) is 0 Å². The average molecular weight is 282 g/mol. The standard InChI is InChI=1S/C17H22N4/c1-2-5-16(6-3-1)7-4-10-20-11-13-21(14-12-20)17-15-18-8-9-19-17/h1-3,5-6,8-9,15H,4,7,10-14H2. The molecule has 0 saturated carbocycles. The summed E-state index contributed by atoms with van der Waals surface area (Å²) in [5, 5.41) is 0. The van der Waals surface area contributed by atoms with Crippen LogP contribution in [0.2, 0.25) is 0 Å². The van der Waals surface area contributed by atoms with Gasteiger partial charge < -0.3 is 4.90 Å². The van der Waals surface area contributed by atoms with Gasteiger partial charge in [0.15, 0.2) is 0 Å². The highest BCUT2D eigenvalue weighted by Gasteiger charge is 2.17. The summed E-state index contributed by atoms with van der Waals surface area (Å²) in [7, 11) is 0. The third kappa shape index (κ3) is 4.02. The molecule has 3 rings (SSSR count). The van der Waals surface area contributed by atoms with E-state index in [1.54, 1.807) is 12.4 Å². The smallest absolute Gasteiger partial charge is 0.147 e. The van der Waals surface area contributed by atoms with Crippen LogP contribution in [0.1, 0.15) is 12.0 Å². The molecule has 0 spiro atoms. The van der Waals surface area contributed by atoms with E-state index in [1.807, 2.05) is 6.20 Å². The summed E-state index contributed by atoms with van der Waals surface area (Å²) < 4.78 is 0. The number of nitrogens with zero attached hydrogens (tertiary/aromatic N) is 4. The SMILES string of the molecule is c1ccc(CCCN2CCN(c3cnccn3)CC2)cc1. The van der Waals surface area contributed by atoms with Crippen molar-refractivity contribution < 1.29 is 0 Å². The molecule has 1 aliphatic heterocycles. The highest BCUT2D eigenvalue weighted by atomic mass is 15.3. The quantitative estimate of drug-likeness (QED) is 0.842. The van der Waals surface area contributed by atoms with Crippen LogP contribution in [-0.4, -0.2) is 47.6 Å². The van der Waals surface area contributed by atoms with Gasteiger partial charge in [-0.2, -0.15) is 0 Å². The molecule has 2 aromatic rings. The van der Waals surface area contributed by atoms with Gasteiger partial charge in [-0.15, -0.1) is 0 Å². The molecule has 1 saturated heterocycles. The number of hydrogen-bond donors (Lipinski definition) is 0. The van der Waals surface area contributed by atoms with E-state index in [0.717, 1.165) is 32.0 Å². The molecule has 110 valence electrons. The van der Waals surface area contributed by atoms with E-state index >= 15 is 0 Å². The molecule has 0 bridgehead atoms. The molecule has 1 fully saturated rings. The van der Waals surface area contributed by atoms with E-state index < -0.39 is 0 Å². The lowest BCUT2D eigenvalue weighted by Crippen LogP contribution is -2.47.